The van der Waals surface area contributed by atoms with Crippen molar-refractivity contribution in [3.8, 4) is 0 Å². The molecule has 0 saturated heterocycles. The average Bonchev–Trinajstić information content (AvgIpc) is 2.58. The van der Waals surface area contributed by atoms with Gasteiger partial charge in [-0.05, 0) is 49.1 Å². The molecule has 3 rings (SSSR count). The Hall–Kier alpha value is -1.53. The van der Waals surface area contributed by atoms with Gasteiger partial charge < -0.3 is 10.0 Å². The summed E-state index contributed by atoms with van der Waals surface area (Å²) in [5.74, 6) is -0.655. The van der Waals surface area contributed by atoms with Crippen LogP contribution < -0.4 is 10.0 Å². The third-order valence-electron chi connectivity index (χ3n) is 3.97. The van der Waals surface area contributed by atoms with Gasteiger partial charge in [0.05, 0.1) is 15.6 Å². The van der Waals surface area contributed by atoms with E-state index in [0.717, 1.165) is 24.8 Å². The van der Waals surface area contributed by atoms with Gasteiger partial charge in [0.2, 0.25) is 5.95 Å². The lowest BCUT2D eigenvalue weighted by Crippen LogP contribution is -2.22. The zero-order chi connectivity index (χ0) is 16.9. The van der Waals surface area contributed by atoms with E-state index in [4.69, 9.17) is 11.6 Å². The Balaban J connectivity index is 1.67. The van der Waals surface area contributed by atoms with Crippen molar-refractivity contribution in [3.63, 3.8) is 0 Å². The molecule has 1 aromatic carbocycles. The van der Waals surface area contributed by atoms with E-state index in [9.17, 15) is 8.78 Å². The summed E-state index contributed by atoms with van der Waals surface area (Å²) in [7, 11) is 0. The van der Waals surface area contributed by atoms with Crippen LogP contribution in [0.2, 0.25) is 5.02 Å². The van der Waals surface area contributed by atoms with Gasteiger partial charge in [-0.25, -0.2) is 9.37 Å². The summed E-state index contributed by atoms with van der Waals surface area (Å²) in [4.78, 5) is 4.00. The first-order valence-electron chi connectivity index (χ1n) is 7.93. The van der Waals surface area contributed by atoms with E-state index in [-0.39, 0.29) is 5.82 Å². The fourth-order valence-corrected chi connectivity index (χ4v) is 3.70. The second-order valence-electron chi connectivity index (χ2n) is 5.79. The van der Waals surface area contributed by atoms with Crippen LogP contribution >= 0.6 is 23.5 Å². The van der Waals surface area contributed by atoms with Crippen LogP contribution in [0.15, 0.2) is 35.2 Å². The van der Waals surface area contributed by atoms with E-state index in [1.54, 1.807) is 12.1 Å². The molecule has 2 aromatic rings. The van der Waals surface area contributed by atoms with Crippen molar-refractivity contribution in [3.05, 3.63) is 47.1 Å². The molecule has 1 saturated carbocycles. The number of nitrogens with one attached hydrogen (secondary N) is 2. The second-order valence-corrected chi connectivity index (χ2v) is 7.05. The lowest BCUT2D eigenvalue weighted by atomic mass is 9.95. The van der Waals surface area contributed by atoms with E-state index < -0.39 is 5.95 Å². The number of aromatic nitrogens is 1. The van der Waals surface area contributed by atoms with Crippen molar-refractivity contribution in [2.24, 2.45) is 0 Å². The van der Waals surface area contributed by atoms with Gasteiger partial charge in [-0.1, -0.05) is 36.9 Å². The second kappa shape index (κ2) is 8.03. The Kier molecular flexibility index (Phi) is 5.79. The van der Waals surface area contributed by atoms with E-state index in [1.807, 2.05) is 0 Å². The van der Waals surface area contributed by atoms with E-state index in [0.29, 0.717) is 27.5 Å². The van der Waals surface area contributed by atoms with Gasteiger partial charge in [0, 0.05) is 6.04 Å². The van der Waals surface area contributed by atoms with Crippen molar-refractivity contribution in [1.82, 2.24) is 4.98 Å². The summed E-state index contributed by atoms with van der Waals surface area (Å²) in [6.07, 6.45) is 5.81. The smallest absolute Gasteiger partial charge is 0.214 e. The number of hydrogen-bond donors (Lipinski definition) is 2. The Morgan fingerprint density at radius 1 is 1.12 bits per heavy atom. The number of benzene rings is 1. The summed E-state index contributed by atoms with van der Waals surface area (Å²) in [5.41, 5.74) is 0.620. The molecule has 1 heterocycles. The topological polar surface area (TPSA) is 37.0 Å². The van der Waals surface area contributed by atoms with Crippen LogP contribution in [0.3, 0.4) is 0 Å². The van der Waals surface area contributed by atoms with Gasteiger partial charge in [0.25, 0.3) is 0 Å². The minimum atomic E-state index is -0.592. The third-order valence-corrected chi connectivity index (χ3v) is 5.12. The number of anilines is 2. The van der Waals surface area contributed by atoms with Crippen LogP contribution in [0.4, 0.5) is 20.3 Å². The van der Waals surface area contributed by atoms with Crippen molar-refractivity contribution in [2.45, 2.75) is 43.0 Å². The highest BCUT2D eigenvalue weighted by Crippen LogP contribution is 2.33. The number of halogens is 3. The van der Waals surface area contributed by atoms with Crippen molar-refractivity contribution in [1.29, 1.82) is 0 Å². The fourth-order valence-electron chi connectivity index (χ4n) is 2.76. The van der Waals surface area contributed by atoms with Crippen LogP contribution in [-0.2, 0) is 0 Å². The monoisotopic (exact) mass is 369 g/mol. The molecule has 1 fully saturated rings. The SMILES string of the molecule is Fc1cccc(NSc2cc(Cl)c(NC3CCCCC3)cc2F)n1. The molecule has 0 unspecified atom stereocenters. The summed E-state index contributed by atoms with van der Waals surface area (Å²) in [5, 5.41) is 3.81. The van der Waals surface area contributed by atoms with Crippen LogP contribution in [0.1, 0.15) is 32.1 Å². The molecule has 128 valence electrons. The molecule has 0 spiro atoms. The molecule has 7 heteroatoms. The minimum Gasteiger partial charge on any atom is -0.381 e. The standard InChI is InChI=1S/C17H18ClF2N3S/c18-12-9-15(24-23-17-8-4-7-16(20)22-17)13(19)10-14(12)21-11-5-2-1-3-6-11/h4,7-11,21H,1-3,5-6H2,(H,22,23). The Labute approximate surface area is 149 Å². The highest BCUT2D eigenvalue weighted by Gasteiger charge is 2.16. The first-order valence-corrected chi connectivity index (χ1v) is 9.12. The van der Waals surface area contributed by atoms with E-state index in [1.165, 1.54) is 37.5 Å². The van der Waals surface area contributed by atoms with Crippen LogP contribution in [0, 0.1) is 11.8 Å². The van der Waals surface area contributed by atoms with Gasteiger partial charge in [0.15, 0.2) is 0 Å². The first kappa shape index (κ1) is 17.3. The molecule has 2 N–H and O–H groups in total. The summed E-state index contributed by atoms with van der Waals surface area (Å²) < 4.78 is 30.2. The number of rotatable bonds is 5. The number of nitrogens with zero attached hydrogens (tertiary/aromatic N) is 1. The molecule has 24 heavy (non-hydrogen) atoms. The fraction of sp³-hybridized carbons (Fsp3) is 0.353. The molecule has 0 atom stereocenters. The van der Waals surface area contributed by atoms with Crippen molar-refractivity contribution in [2.75, 3.05) is 10.0 Å². The van der Waals surface area contributed by atoms with Crippen molar-refractivity contribution >= 4 is 35.1 Å². The normalized spacial score (nSPS) is 15.3. The zero-order valence-corrected chi connectivity index (χ0v) is 14.6. The lowest BCUT2D eigenvalue weighted by Gasteiger charge is -2.24. The Morgan fingerprint density at radius 3 is 2.67 bits per heavy atom. The predicted octanol–water partition coefficient (Wildman–Crippen LogP) is 5.88. The molecular weight excluding hydrogens is 352 g/mol. The molecular formula is C17H18ClF2N3S. The zero-order valence-electron chi connectivity index (χ0n) is 13.0. The highest BCUT2D eigenvalue weighted by atomic mass is 35.5. The number of pyridine rings is 1. The lowest BCUT2D eigenvalue weighted by molar-refractivity contribution is 0.462. The summed E-state index contributed by atoms with van der Waals surface area (Å²) in [6, 6.07) is 7.72. The van der Waals surface area contributed by atoms with Crippen LogP contribution in [0.25, 0.3) is 0 Å². The van der Waals surface area contributed by atoms with E-state index in [2.05, 4.69) is 15.0 Å². The molecule has 0 bridgehead atoms. The van der Waals surface area contributed by atoms with Gasteiger partial charge in [-0.2, -0.15) is 4.39 Å². The van der Waals surface area contributed by atoms with E-state index >= 15 is 0 Å². The first-order chi connectivity index (χ1) is 11.6. The Morgan fingerprint density at radius 2 is 1.92 bits per heavy atom. The quantitative estimate of drug-likeness (QED) is 0.510. The maximum absolute atomic E-state index is 14.3. The van der Waals surface area contributed by atoms with Crippen LogP contribution in [0.5, 0.6) is 0 Å². The average molecular weight is 370 g/mol. The van der Waals surface area contributed by atoms with Crippen molar-refractivity contribution < 1.29 is 8.78 Å². The Bertz CT molecular complexity index is 708. The highest BCUT2D eigenvalue weighted by molar-refractivity contribution is 8.00. The maximum Gasteiger partial charge on any atom is 0.214 e. The molecule has 3 nitrogen and oxygen atoms in total. The third kappa shape index (κ3) is 4.51. The van der Waals surface area contributed by atoms with Gasteiger partial charge >= 0.3 is 0 Å². The minimum absolute atomic E-state index is 0.319. The van der Waals surface area contributed by atoms with Gasteiger partial charge in [-0.3, -0.25) is 0 Å². The largest absolute Gasteiger partial charge is 0.381 e. The molecule has 1 aliphatic rings. The van der Waals surface area contributed by atoms with Crippen LogP contribution in [-0.4, -0.2) is 11.0 Å². The summed E-state index contributed by atoms with van der Waals surface area (Å²) in [6.45, 7) is 0. The predicted molar refractivity (Wildman–Crippen MR) is 95.6 cm³/mol. The molecule has 1 aromatic heterocycles. The van der Waals surface area contributed by atoms with Gasteiger partial charge in [0.1, 0.15) is 11.6 Å². The molecule has 1 aliphatic carbocycles. The number of hydrogen-bond acceptors (Lipinski definition) is 4. The molecule has 0 amide bonds. The van der Waals surface area contributed by atoms with Gasteiger partial charge in [-0.15, -0.1) is 0 Å². The maximum atomic E-state index is 14.3. The molecule has 0 radical (unpaired) electrons. The molecule has 0 aliphatic heterocycles. The summed E-state index contributed by atoms with van der Waals surface area (Å²) >= 11 is 7.29.